The summed E-state index contributed by atoms with van der Waals surface area (Å²) in [6, 6.07) is 23.4. The average molecular weight is 486 g/mol. The fraction of sp³-hybridized carbons (Fsp3) is 0.172. The van der Waals surface area contributed by atoms with Crippen LogP contribution in [0.3, 0.4) is 0 Å². The van der Waals surface area contributed by atoms with E-state index in [4.69, 9.17) is 9.47 Å². The van der Waals surface area contributed by atoms with Crippen LogP contribution in [0, 0.1) is 13.8 Å². The van der Waals surface area contributed by atoms with E-state index < -0.39 is 5.97 Å². The van der Waals surface area contributed by atoms with Gasteiger partial charge in [-0.25, -0.2) is 9.79 Å². The van der Waals surface area contributed by atoms with Crippen LogP contribution >= 0.6 is 11.8 Å². The molecule has 4 rings (SSSR count). The van der Waals surface area contributed by atoms with Gasteiger partial charge in [0.15, 0.2) is 0 Å². The topological polar surface area (TPSA) is 68.1 Å². The molecule has 178 valence electrons. The van der Waals surface area contributed by atoms with Gasteiger partial charge in [-0.1, -0.05) is 77.5 Å². The molecule has 0 unspecified atom stereocenters. The van der Waals surface area contributed by atoms with Gasteiger partial charge in [0.2, 0.25) is 0 Å². The van der Waals surface area contributed by atoms with Crippen molar-refractivity contribution in [1.29, 1.82) is 0 Å². The summed E-state index contributed by atoms with van der Waals surface area (Å²) in [4.78, 5) is 17.8. The SMILES string of the molecule is CCOC(=O)C1=C(O)C(=Cc2ccccc2OCc2ccc(C)cc2)SC1=Nc1ccc(C)cc1. The molecule has 5 nitrogen and oxygen atoms in total. The van der Waals surface area contributed by atoms with E-state index in [2.05, 4.69) is 17.1 Å². The number of carbonyl (C=O) groups excluding carboxylic acids is 1. The monoisotopic (exact) mass is 485 g/mol. The van der Waals surface area contributed by atoms with Gasteiger partial charge in [-0.15, -0.1) is 0 Å². The van der Waals surface area contributed by atoms with E-state index in [-0.39, 0.29) is 17.9 Å². The third-order valence-electron chi connectivity index (χ3n) is 5.36. The van der Waals surface area contributed by atoms with Gasteiger partial charge in [0.05, 0.1) is 17.2 Å². The molecule has 1 aliphatic heterocycles. The minimum Gasteiger partial charge on any atom is -0.506 e. The molecule has 0 saturated heterocycles. The summed E-state index contributed by atoms with van der Waals surface area (Å²) < 4.78 is 11.3. The number of benzene rings is 3. The summed E-state index contributed by atoms with van der Waals surface area (Å²) in [6.45, 7) is 6.39. The molecule has 0 spiro atoms. The molecule has 1 heterocycles. The van der Waals surface area contributed by atoms with Gasteiger partial charge in [0.25, 0.3) is 0 Å². The van der Waals surface area contributed by atoms with E-state index in [0.717, 1.165) is 16.7 Å². The fourth-order valence-corrected chi connectivity index (χ4v) is 4.47. The maximum atomic E-state index is 12.7. The molecule has 0 aromatic heterocycles. The van der Waals surface area contributed by atoms with E-state index in [1.807, 2.05) is 74.5 Å². The highest BCUT2D eigenvalue weighted by molar-refractivity contribution is 8.18. The molecule has 3 aromatic carbocycles. The zero-order chi connectivity index (χ0) is 24.8. The maximum absolute atomic E-state index is 12.7. The molecular weight excluding hydrogens is 458 g/mol. The number of rotatable bonds is 7. The molecule has 0 saturated carbocycles. The second-order valence-electron chi connectivity index (χ2n) is 8.12. The lowest BCUT2D eigenvalue weighted by molar-refractivity contribution is -0.138. The Bertz CT molecular complexity index is 1310. The van der Waals surface area contributed by atoms with E-state index >= 15 is 0 Å². The van der Waals surface area contributed by atoms with Crippen LogP contribution in [0.15, 0.2) is 94.0 Å². The first kappa shape index (κ1) is 24.4. The first-order valence-corrected chi connectivity index (χ1v) is 12.2. The molecular formula is C29H27NO4S. The molecule has 0 bridgehead atoms. The van der Waals surface area contributed by atoms with Crippen molar-refractivity contribution >= 4 is 34.5 Å². The number of ether oxygens (including phenoxy) is 2. The Hall–Kier alpha value is -3.77. The van der Waals surface area contributed by atoms with Crippen molar-refractivity contribution in [2.24, 2.45) is 4.99 Å². The maximum Gasteiger partial charge on any atom is 0.344 e. The van der Waals surface area contributed by atoms with Crippen molar-refractivity contribution in [3.8, 4) is 5.75 Å². The van der Waals surface area contributed by atoms with E-state index in [9.17, 15) is 9.90 Å². The van der Waals surface area contributed by atoms with Gasteiger partial charge >= 0.3 is 5.97 Å². The molecule has 0 amide bonds. The second kappa shape index (κ2) is 11.1. The van der Waals surface area contributed by atoms with Gasteiger partial charge < -0.3 is 14.6 Å². The molecule has 1 N–H and O–H groups in total. The summed E-state index contributed by atoms with van der Waals surface area (Å²) in [5.41, 5.74) is 4.92. The van der Waals surface area contributed by atoms with Gasteiger partial charge in [0, 0.05) is 5.56 Å². The molecule has 1 aliphatic rings. The number of thioether (sulfide) groups is 1. The Balaban J connectivity index is 1.65. The normalized spacial score (nSPS) is 15.6. The van der Waals surface area contributed by atoms with Crippen LogP contribution in [0.1, 0.15) is 29.2 Å². The smallest absolute Gasteiger partial charge is 0.344 e. The van der Waals surface area contributed by atoms with Crippen LogP contribution in [0.25, 0.3) is 6.08 Å². The third-order valence-corrected chi connectivity index (χ3v) is 6.38. The first-order valence-electron chi connectivity index (χ1n) is 11.4. The fourth-order valence-electron chi connectivity index (χ4n) is 3.45. The highest BCUT2D eigenvalue weighted by Gasteiger charge is 2.33. The molecule has 0 atom stereocenters. The second-order valence-corrected chi connectivity index (χ2v) is 9.15. The van der Waals surface area contributed by atoms with Crippen LogP contribution < -0.4 is 4.74 Å². The predicted molar refractivity (Wildman–Crippen MR) is 142 cm³/mol. The Kier molecular flexibility index (Phi) is 7.73. The molecule has 35 heavy (non-hydrogen) atoms. The van der Waals surface area contributed by atoms with Crippen LogP contribution in [-0.2, 0) is 16.1 Å². The number of aliphatic hydroxyl groups excluding tert-OH is 1. The predicted octanol–water partition coefficient (Wildman–Crippen LogP) is 7.08. The minimum atomic E-state index is -0.601. The number of carbonyl (C=O) groups is 1. The van der Waals surface area contributed by atoms with Crippen LogP contribution in [0.5, 0.6) is 5.75 Å². The number of hydrogen-bond acceptors (Lipinski definition) is 6. The van der Waals surface area contributed by atoms with Gasteiger partial charge in [-0.3, -0.25) is 0 Å². The largest absolute Gasteiger partial charge is 0.506 e. The zero-order valence-corrected chi connectivity index (χ0v) is 20.8. The zero-order valence-electron chi connectivity index (χ0n) is 19.9. The number of aliphatic hydroxyl groups is 1. The quantitative estimate of drug-likeness (QED) is 0.362. The molecule has 0 fully saturated rings. The third kappa shape index (κ3) is 6.03. The molecule has 0 aliphatic carbocycles. The first-order chi connectivity index (χ1) is 16.9. The number of para-hydroxylation sites is 1. The Morgan fingerprint density at radius 2 is 1.63 bits per heavy atom. The summed E-state index contributed by atoms with van der Waals surface area (Å²) in [5, 5.41) is 11.4. The number of aryl methyl sites for hydroxylation is 2. The highest BCUT2D eigenvalue weighted by Crippen LogP contribution is 2.41. The van der Waals surface area contributed by atoms with Crippen molar-refractivity contribution in [3.63, 3.8) is 0 Å². The van der Waals surface area contributed by atoms with Crippen LogP contribution in [-0.4, -0.2) is 22.7 Å². The lowest BCUT2D eigenvalue weighted by Gasteiger charge is -2.10. The van der Waals surface area contributed by atoms with Crippen LogP contribution in [0.4, 0.5) is 5.69 Å². The Labute approximate surface area is 209 Å². The standard InChI is InChI=1S/C29H27NO4S/c1-4-33-29(32)26-27(31)25(35-28(26)30-23-15-11-20(3)12-16-23)17-22-7-5-6-8-24(22)34-18-21-13-9-19(2)10-14-21/h5-17,31H,4,18H2,1-3H3. The minimum absolute atomic E-state index is 0.0710. The van der Waals surface area contributed by atoms with E-state index in [0.29, 0.717) is 28.0 Å². The summed E-state index contributed by atoms with van der Waals surface area (Å²) in [7, 11) is 0. The number of nitrogens with zero attached hydrogens (tertiary/aromatic N) is 1. The highest BCUT2D eigenvalue weighted by atomic mass is 32.2. The van der Waals surface area contributed by atoms with Gasteiger partial charge in [-0.05, 0) is 50.6 Å². The molecule has 6 heteroatoms. The lowest BCUT2D eigenvalue weighted by Crippen LogP contribution is -2.12. The van der Waals surface area contributed by atoms with Crippen molar-refractivity contribution in [1.82, 2.24) is 0 Å². The lowest BCUT2D eigenvalue weighted by atomic mass is 10.1. The van der Waals surface area contributed by atoms with E-state index in [1.54, 1.807) is 13.0 Å². The molecule has 0 radical (unpaired) electrons. The average Bonchev–Trinajstić information content (AvgIpc) is 3.15. The number of hydrogen-bond donors (Lipinski definition) is 1. The number of esters is 1. The van der Waals surface area contributed by atoms with Crippen molar-refractivity contribution in [3.05, 3.63) is 111 Å². The van der Waals surface area contributed by atoms with E-state index in [1.165, 1.54) is 17.3 Å². The van der Waals surface area contributed by atoms with Crippen molar-refractivity contribution in [2.45, 2.75) is 27.4 Å². The Morgan fingerprint density at radius 3 is 2.31 bits per heavy atom. The Morgan fingerprint density at radius 1 is 0.971 bits per heavy atom. The number of aliphatic imine (C=N–C) groups is 1. The summed E-state index contributed by atoms with van der Waals surface area (Å²) >= 11 is 1.23. The summed E-state index contributed by atoms with van der Waals surface area (Å²) in [5.74, 6) is -0.0705. The van der Waals surface area contributed by atoms with Crippen LogP contribution in [0.2, 0.25) is 0 Å². The van der Waals surface area contributed by atoms with Gasteiger partial charge in [0.1, 0.15) is 28.7 Å². The van der Waals surface area contributed by atoms with Gasteiger partial charge in [-0.2, -0.15) is 0 Å². The molecule has 3 aromatic rings. The van der Waals surface area contributed by atoms with Crippen molar-refractivity contribution in [2.75, 3.05) is 6.61 Å². The summed E-state index contributed by atoms with van der Waals surface area (Å²) in [6.07, 6.45) is 1.81. The van der Waals surface area contributed by atoms with Crippen molar-refractivity contribution < 1.29 is 19.4 Å².